The van der Waals surface area contributed by atoms with Gasteiger partial charge in [0.1, 0.15) is 12.4 Å². The molecule has 0 fully saturated rings. The molecule has 0 aliphatic rings. The molecule has 0 saturated heterocycles. The Bertz CT molecular complexity index is 631. The Morgan fingerprint density at radius 1 is 1.48 bits per heavy atom. The number of nitrogens with one attached hydrogen (secondary N) is 1. The van der Waals surface area contributed by atoms with Crippen molar-refractivity contribution in [1.29, 1.82) is 0 Å². The molecule has 5 heteroatoms. The van der Waals surface area contributed by atoms with Crippen molar-refractivity contribution in [3.8, 4) is 18.1 Å². The smallest absolute Gasteiger partial charge is 0.148 e. The maximum atomic E-state index is 5.55. The summed E-state index contributed by atoms with van der Waals surface area (Å²) in [6.45, 7) is 4.71. The zero-order valence-electron chi connectivity index (χ0n) is 12.0. The predicted octanol–water partition coefficient (Wildman–Crippen LogP) is 2.76. The molecule has 0 amide bonds. The standard InChI is InChI=1S/C16H18BrN3O/c1-3-8-21-16-5-4-15(17)9-14(16)11-18-6-7-20-12-13(2)10-19-20/h1,4-5,9-10,12,18H,6-8,11H2,2H3. The van der Waals surface area contributed by atoms with E-state index in [2.05, 4.69) is 32.3 Å². The Kier molecular flexibility index (Phi) is 5.85. The van der Waals surface area contributed by atoms with Gasteiger partial charge < -0.3 is 10.1 Å². The largest absolute Gasteiger partial charge is 0.481 e. The van der Waals surface area contributed by atoms with Gasteiger partial charge in [0.2, 0.25) is 0 Å². The second-order valence-electron chi connectivity index (χ2n) is 4.70. The van der Waals surface area contributed by atoms with E-state index in [9.17, 15) is 0 Å². The van der Waals surface area contributed by atoms with Crippen LogP contribution in [-0.4, -0.2) is 22.9 Å². The third-order valence-electron chi connectivity index (χ3n) is 2.93. The van der Waals surface area contributed by atoms with Crippen LogP contribution in [0.1, 0.15) is 11.1 Å². The normalized spacial score (nSPS) is 10.3. The molecule has 1 aromatic carbocycles. The monoisotopic (exact) mass is 347 g/mol. The molecule has 0 aliphatic heterocycles. The number of rotatable bonds is 7. The highest BCUT2D eigenvalue weighted by Gasteiger charge is 2.04. The van der Waals surface area contributed by atoms with Crippen molar-refractivity contribution < 1.29 is 4.74 Å². The Morgan fingerprint density at radius 3 is 3.05 bits per heavy atom. The first-order chi connectivity index (χ1) is 10.2. The minimum Gasteiger partial charge on any atom is -0.481 e. The van der Waals surface area contributed by atoms with Crippen LogP contribution in [0.15, 0.2) is 35.1 Å². The second kappa shape index (κ2) is 7.87. The van der Waals surface area contributed by atoms with Gasteiger partial charge in [0.15, 0.2) is 0 Å². The van der Waals surface area contributed by atoms with Crippen LogP contribution >= 0.6 is 15.9 Å². The Labute approximate surface area is 133 Å². The molecule has 0 radical (unpaired) electrons. The first kappa shape index (κ1) is 15.6. The quantitative estimate of drug-likeness (QED) is 0.618. The van der Waals surface area contributed by atoms with E-state index < -0.39 is 0 Å². The minimum atomic E-state index is 0.279. The summed E-state index contributed by atoms with van der Waals surface area (Å²) < 4.78 is 8.50. The zero-order chi connectivity index (χ0) is 15.1. The van der Waals surface area contributed by atoms with E-state index in [1.54, 1.807) is 0 Å². The van der Waals surface area contributed by atoms with Crippen molar-refractivity contribution in [2.45, 2.75) is 20.0 Å². The number of hydrogen-bond donors (Lipinski definition) is 1. The highest BCUT2D eigenvalue weighted by Crippen LogP contribution is 2.23. The van der Waals surface area contributed by atoms with Gasteiger partial charge in [-0.05, 0) is 30.7 Å². The Balaban J connectivity index is 1.87. The third-order valence-corrected chi connectivity index (χ3v) is 3.42. The third kappa shape index (κ3) is 4.92. The lowest BCUT2D eigenvalue weighted by molar-refractivity contribution is 0.364. The van der Waals surface area contributed by atoms with Gasteiger partial charge in [-0.15, -0.1) is 6.42 Å². The van der Waals surface area contributed by atoms with Crippen LogP contribution in [0.4, 0.5) is 0 Å². The summed E-state index contributed by atoms with van der Waals surface area (Å²) in [5.41, 5.74) is 2.25. The zero-order valence-corrected chi connectivity index (χ0v) is 13.6. The molecule has 2 aromatic rings. The number of ether oxygens (including phenoxy) is 1. The van der Waals surface area contributed by atoms with Crippen LogP contribution in [0.25, 0.3) is 0 Å². The number of nitrogens with zero attached hydrogens (tertiary/aromatic N) is 2. The maximum absolute atomic E-state index is 5.55. The van der Waals surface area contributed by atoms with Gasteiger partial charge in [-0.2, -0.15) is 5.10 Å². The van der Waals surface area contributed by atoms with E-state index in [1.807, 2.05) is 42.2 Å². The molecule has 1 heterocycles. The van der Waals surface area contributed by atoms with E-state index in [4.69, 9.17) is 11.2 Å². The fourth-order valence-corrected chi connectivity index (χ4v) is 2.36. The fourth-order valence-electron chi connectivity index (χ4n) is 1.95. The highest BCUT2D eigenvalue weighted by molar-refractivity contribution is 9.10. The number of halogens is 1. The summed E-state index contributed by atoms with van der Waals surface area (Å²) in [5.74, 6) is 3.30. The lowest BCUT2D eigenvalue weighted by Gasteiger charge is -2.11. The molecule has 1 aromatic heterocycles. The molecular weight excluding hydrogens is 330 g/mol. The molecular formula is C16H18BrN3O. The topological polar surface area (TPSA) is 39.1 Å². The summed E-state index contributed by atoms with van der Waals surface area (Å²) in [5, 5.41) is 7.64. The van der Waals surface area contributed by atoms with Gasteiger partial charge in [0.05, 0.1) is 12.7 Å². The van der Waals surface area contributed by atoms with Crippen LogP contribution in [-0.2, 0) is 13.1 Å². The van der Waals surface area contributed by atoms with Crippen molar-refractivity contribution in [3.63, 3.8) is 0 Å². The molecule has 0 unspecified atom stereocenters. The Morgan fingerprint density at radius 2 is 2.33 bits per heavy atom. The van der Waals surface area contributed by atoms with Gasteiger partial charge in [-0.1, -0.05) is 21.9 Å². The maximum Gasteiger partial charge on any atom is 0.148 e. The molecule has 4 nitrogen and oxygen atoms in total. The van der Waals surface area contributed by atoms with Gasteiger partial charge in [-0.3, -0.25) is 4.68 Å². The molecule has 21 heavy (non-hydrogen) atoms. The second-order valence-corrected chi connectivity index (χ2v) is 5.62. The van der Waals surface area contributed by atoms with Crippen molar-refractivity contribution in [2.24, 2.45) is 0 Å². The highest BCUT2D eigenvalue weighted by atomic mass is 79.9. The molecule has 2 rings (SSSR count). The molecule has 1 N–H and O–H groups in total. The van der Waals surface area contributed by atoms with Crippen LogP contribution in [0.3, 0.4) is 0 Å². The molecule has 0 bridgehead atoms. The van der Waals surface area contributed by atoms with Gasteiger partial charge in [-0.25, -0.2) is 0 Å². The first-order valence-electron chi connectivity index (χ1n) is 6.73. The molecule has 0 atom stereocenters. The number of terminal acetylenes is 1. The van der Waals surface area contributed by atoms with Crippen molar-refractivity contribution in [1.82, 2.24) is 15.1 Å². The summed E-state index contributed by atoms with van der Waals surface area (Å²) in [6.07, 6.45) is 9.13. The number of benzene rings is 1. The van der Waals surface area contributed by atoms with E-state index in [-0.39, 0.29) is 6.61 Å². The molecule has 0 spiro atoms. The van der Waals surface area contributed by atoms with Crippen molar-refractivity contribution in [3.05, 3.63) is 46.2 Å². The van der Waals surface area contributed by atoms with E-state index in [0.717, 1.165) is 35.4 Å². The average Bonchev–Trinajstić information content (AvgIpc) is 2.88. The van der Waals surface area contributed by atoms with Gasteiger partial charge in [0, 0.05) is 29.3 Å². The molecule has 0 saturated carbocycles. The van der Waals surface area contributed by atoms with Gasteiger partial charge >= 0.3 is 0 Å². The summed E-state index contributed by atoms with van der Waals surface area (Å²) in [7, 11) is 0. The van der Waals surface area contributed by atoms with Crippen LogP contribution in [0.2, 0.25) is 0 Å². The van der Waals surface area contributed by atoms with Crippen molar-refractivity contribution in [2.75, 3.05) is 13.2 Å². The van der Waals surface area contributed by atoms with Gasteiger partial charge in [0.25, 0.3) is 0 Å². The minimum absolute atomic E-state index is 0.279. The fraction of sp³-hybridized carbons (Fsp3) is 0.312. The Hall–Kier alpha value is -1.77. The van der Waals surface area contributed by atoms with Crippen LogP contribution < -0.4 is 10.1 Å². The lowest BCUT2D eigenvalue weighted by Crippen LogP contribution is -2.20. The number of aromatic nitrogens is 2. The van der Waals surface area contributed by atoms with E-state index >= 15 is 0 Å². The van der Waals surface area contributed by atoms with E-state index in [0.29, 0.717) is 0 Å². The number of aryl methyl sites for hydroxylation is 1. The van der Waals surface area contributed by atoms with E-state index in [1.165, 1.54) is 5.56 Å². The SMILES string of the molecule is C#CCOc1ccc(Br)cc1CNCCn1cc(C)cn1. The number of hydrogen-bond acceptors (Lipinski definition) is 3. The first-order valence-corrected chi connectivity index (χ1v) is 7.53. The summed E-state index contributed by atoms with van der Waals surface area (Å²) in [6, 6.07) is 5.91. The lowest BCUT2D eigenvalue weighted by atomic mass is 10.2. The van der Waals surface area contributed by atoms with Crippen molar-refractivity contribution >= 4 is 15.9 Å². The molecule has 110 valence electrons. The molecule has 0 aliphatic carbocycles. The van der Waals surface area contributed by atoms with Crippen LogP contribution in [0, 0.1) is 19.3 Å². The van der Waals surface area contributed by atoms with Crippen LogP contribution in [0.5, 0.6) is 5.75 Å². The summed E-state index contributed by atoms with van der Waals surface area (Å²) in [4.78, 5) is 0. The summed E-state index contributed by atoms with van der Waals surface area (Å²) >= 11 is 3.48. The average molecular weight is 348 g/mol. The predicted molar refractivity (Wildman–Crippen MR) is 87.1 cm³/mol.